The van der Waals surface area contributed by atoms with Gasteiger partial charge in [0.15, 0.2) is 0 Å². The summed E-state index contributed by atoms with van der Waals surface area (Å²) in [6, 6.07) is 5.99. The molecule has 2 aromatic rings. The highest BCUT2D eigenvalue weighted by molar-refractivity contribution is 9.10. The quantitative estimate of drug-likeness (QED) is 0.764. The van der Waals surface area contributed by atoms with Crippen LogP contribution in [0.3, 0.4) is 0 Å². The highest BCUT2D eigenvalue weighted by Crippen LogP contribution is 2.33. The minimum absolute atomic E-state index is 0.0247. The van der Waals surface area contributed by atoms with E-state index >= 15 is 0 Å². The summed E-state index contributed by atoms with van der Waals surface area (Å²) in [6.45, 7) is 0. The average Bonchev–Trinajstić information content (AvgIpc) is 2.37. The highest BCUT2D eigenvalue weighted by Gasteiger charge is 2.31. The van der Waals surface area contributed by atoms with E-state index in [1.165, 1.54) is 24.4 Å². The number of aromatic nitrogens is 1. The lowest BCUT2D eigenvalue weighted by molar-refractivity contribution is -0.137. The molecule has 0 spiro atoms. The molecule has 0 bridgehead atoms. The normalized spacial score (nSPS) is 11.3. The zero-order valence-electron chi connectivity index (χ0n) is 10.2. The molecule has 1 heterocycles. The van der Waals surface area contributed by atoms with Gasteiger partial charge in [0.05, 0.1) is 11.1 Å². The van der Waals surface area contributed by atoms with Gasteiger partial charge in [-0.15, -0.1) is 0 Å². The molecule has 1 N–H and O–H groups in total. The maximum Gasteiger partial charge on any atom is 0.416 e. The van der Waals surface area contributed by atoms with E-state index in [4.69, 9.17) is 11.6 Å². The molecule has 110 valence electrons. The van der Waals surface area contributed by atoms with E-state index in [0.717, 1.165) is 12.1 Å². The minimum atomic E-state index is -4.49. The highest BCUT2D eigenvalue weighted by atomic mass is 79.9. The summed E-state index contributed by atoms with van der Waals surface area (Å²) in [5.41, 5.74) is -0.647. The number of rotatable bonds is 2. The Morgan fingerprint density at radius 3 is 2.52 bits per heavy atom. The van der Waals surface area contributed by atoms with Crippen LogP contribution in [0, 0.1) is 0 Å². The standard InChI is InChI=1S/C13H7BrClF3N2O/c14-9-3-8(13(16,17)18)4-10(5-9)20-12(21)7-1-2-11(15)19-6-7/h1-6H,(H,20,21). The molecule has 8 heteroatoms. The first-order valence-electron chi connectivity index (χ1n) is 5.56. The van der Waals surface area contributed by atoms with Gasteiger partial charge in [-0.2, -0.15) is 13.2 Å². The Morgan fingerprint density at radius 2 is 1.95 bits per heavy atom. The van der Waals surface area contributed by atoms with E-state index in [0.29, 0.717) is 0 Å². The second-order valence-corrected chi connectivity index (χ2v) is 5.35. The zero-order chi connectivity index (χ0) is 15.6. The van der Waals surface area contributed by atoms with Crippen molar-refractivity contribution < 1.29 is 18.0 Å². The average molecular weight is 380 g/mol. The van der Waals surface area contributed by atoms with E-state index < -0.39 is 17.6 Å². The van der Waals surface area contributed by atoms with Crippen LogP contribution in [0.25, 0.3) is 0 Å². The molecular formula is C13H7BrClF3N2O. The lowest BCUT2D eigenvalue weighted by atomic mass is 10.2. The third kappa shape index (κ3) is 4.18. The molecule has 0 radical (unpaired) electrons. The lowest BCUT2D eigenvalue weighted by Crippen LogP contribution is -2.13. The maximum absolute atomic E-state index is 12.7. The van der Waals surface area contributed by atoms with Gasteiger partial charge in [0.2, 0.25) is 0 Å². The van der Waals surface area contributed by atoms with Crippen LogP contribution < -0.4 is 5.32 Å². The molecule has 0 atom stereocenters. The van der Waals surface area contributed by atoms with Gasteiger partial charge in [0.1, 0.15) is 5.15 Å². The first-order chi connectivity index (χ1) is 9.75. The maximum atomic E-state index is 12.7. The number of halogens is 5. The third-order valence-corrected chi connectivity index (χ3v) is 3.15. The van der Waals surface area contributed by atoms with Crippen molar-refractivity contribution in [1.82, 2.24) is 4.98 Å². The smallest absolute Gasteiger partial charge is 0.322 e. The molecule has 0 aliphatic heterocycles. The van der Waals surface area contributed by atoms with Crippen LogP contribution in [-0.4, -0.2) is 10.9 Å². The Kier molecular flexibility index (Phi) is 4.53. The topological polar surface area (TPSA) is 42.0 Å². The fourth-order valence-electron chi connectivity index (χ4n) is 1.54. The number of alkyl halides is 3. The van der Waals surface area contributed by atoms with Gasteiger partial charge >= 0.3 is 6.18 Å². The molecule has 0 aliphatic rings. The minimum Gasteiger partial charge on any atom is -0.322 e. The van der Waals surface area contributed by atoms with Crippen LogP contribution >= 0.6 is 27.5 Å². The molecule has 0 saturated carbocycles. The number of pyridine rings is 1. The number of carbonyl (C=O) groups is 1. The van der Waals surface area contributed by atoms with Crippen molar-refractivity contribution in [3.8, 4) is 0 Å². The predicted octanol–water partition coefficient (Wildman–Crippen LogP) is 4.77. The van der Waals surface area contributed by atoms with Gasteiger partial charge in [-0.25, -0.2) is 4.98 Å². The molecule has 0 fully saturated rings. The summed E-state index contributed by atoms with van der Waals surface area (Å²) in [5.74, 6) is -0.578. The molecule has 21 heavy (non-hydrogen) atoms. The monoisotopic (exact) mass is 378 g/mol. The van der Waals surface area contributed by atoms with Crippen molar-refractivity contribution in [2.75, 3.05) is 5.32 Å². The van der Waals surface area contributed by atoms with Gasteiger partial charge in [-0.3, -0.25) is 4.79 Å². The molecule has 2 rings (SSSR count). The number of nitrogens with one attached hydrogen (secondary N) is 1. The molecule has 1 aromatic carbocycles. The second-order valence-electron chi connectivity index (χ2n) is 4.05. The van der Waals surface area contributed by atoms with Crippen LogP contribution in [0.5, 0.6) is 0 Å². The van der Waals surface area contributed by atoms with Crippen LogP contribution in [0.4, 0.5) is 18.9 Å². The third-order valence-electron chi connectivity index (χ3n) is 2.47. The number of hydrogen-bond donors (Lipinski definition) is 1. The van der Waals surface area contributed by atoms with Crippen LogP contribution in [0.1, 0.15) is 15.9 Å². The van der Waals surface area contributed by atoms with Crippen molar-refractivity contribution in [3.05, 3.63) is 57.3 Å². The van der Waals surface area contributed by atoms with Gasteiger partial charge in [0, 0.05) is 16.4 Å². The zero-order valence-corrected chi connectivity index (χ0v) is 12.6. The molecule has 1 amide bonds. The number of benzene rings is 1. The van der Waals surface area contributed by atoms with Crippen LogP contribution in [-0.2, 0) is 6.18 Å². The Hall–Kier alpha value is -1.60. The fraction of sp³-hybridized carbons (Fsp3) is 0.0769. The van der Waals surface area contributed by atoms with E-state index in [1.807, 2.05) is 0 Å². The Labute approximate surface area is 131 Å². The van der Waals surface area contributed by atoms with Crippen molar-refractivity contribution >= 4 is 39.1 Å². The first-order valence-corrected chi connectivity index (χ1v) is 6.73. The number of amides is 1. The number of nitrogens with zero attached hydrogens (tertiary/aromatic N) is 1. The summed E-state index contributed by atoms with van der Waals surface area (Å²) in [5, 5.41) is 2.60. The van der Waals surface area contributed by atoms with E-state index in [1.54, 1.807) is 0 Å². The summed E-state index contributed by atoms with van der Waals surface area (Å²) >= 11 is 8.57. The molecule has 0 unspecified atom stereocenters. The van der Waals surface area contributed by atoms with E-state index in [9.17, 15) is 18.0 Å². The summed E-state index contributed by atoms with van der Waals surface area (Å²) in [6.07, 6.45) is -3.26. The Bertz CT molecular complexity index is 674. The Morgan fingerprint density at radius 1 is 1.24 bits per heavy atom. The summed E-state index contributed by atoms with van der Waals surface area (Å²) in [7, 11) is 0. The number of carbonyl (C=O) groups excluding carboxylic acids is 1. The number of hydrogen-bond acceptors (Lipinski definition) is 2. The lowest BCUT2D eigenvalue weighted by Gasteiger charge is -2.11. The molecular weight excluding hydrogens is 373 g/mol. The van der Waals surface area contributed by atoms with Crippen molar-refractivity contribution in [3.63, 3.8) is 0 Å². The van der Waals surface area contributed by atoms with Crippen LogP contribution in [0.2, 0.25) is 5.15 Å². The van der Waals surface area contributed by atoms with E-state index in [2.05, 4.69) is 26.2 Å². The van der Waals surface area contributed by atoms with Gasteiger partial charge in [-0.1, -0.05) is 27.5 Å². The van der Waals surface area contributed by atoms with Gasteiger partial charge in [0.25, 0.3) is 5.91 Å². The largest absolute Gasteiger partial charge is 0.416 e. The van der Waals surface area contributed by atoms with Crippen LogP contribution in [0.15, 0.2) is 41.0 Å². The predicted molar refractivity (Wildman–Crippen MR) is 76.3 cm³/mol. The van der Waals surface area contributed by atoms with Crippen molar-refractivity contribution in [1.29, 1.82) is 0 Å². The fourth-order valence-corrected chi connectivity index (χ4v) is 2.14. The second kappa shape index (κ2) is 6.03. The number of anilines is 1. The van der Waals surface area contributed by atoms with E-state index in [-0.39, 0.29) is 20.9 Å². The SMILES string of the molecule is O=C(Nc1cc(Br)cc(C(F)(F)F)c1)c1ccc(Cl)nc1. The molecule has 0 saturated heterocycles. The molecule has 1 aromatic heterocycles. The molecule has 0 aliphatic carbocycles. The Balaban J connectivity index is 2.25. The van der Waals surface area contributed by atoms with Crippen molar-refractivity contribution in [2.24, 2.45) is 0 Å². The van der Waals surface area contributed by atoms with Gasteiger partial charge in [-0.05, 0) is 30.3 Å². The first kappa shape index (κ1) is 15.8. The van der Waals surface area contributed by atoms with Crippen molar-refractivity contribution in [2.45, 2.75) is 6.18 Å². The summed E-state index contributed by atoms with van der Waals surface area (Å²) in [4.78, 5) is 15.6. The molecule has 3 nitrogen and oxygen atoms in total. The summed E-state index contributed by atoms with van der Waals surface area (Å²) < 4.78 is 38.3. The van der Waals surface area contributed by atoms with Gasteiger partial charge < -0.3 is 5.32 Å².